The van der Waals surface area contributed by atoms with Gasteiger partial charge >= 0.3 is 0 Å². The van der Waals surface area contributed by atoms with Crippen molar-refractivity contribution in [3.63, 3.8) is 0 Å². The molecule has 0 aliphatic carbocycles. The fourth-order valence-corrected chi connectivity index (χ4v) is 2.48. The standard InChI is InChI=1S/C13H25N3S/c1-6-8-16(7-2)12-14-9-11(17-12)10-15-13(3,4)5/h9,15H,6-8,10H2,1-5H3. The summed E-state index contributed by atoms with van der Waals surface area (Å²) >= 11 is 1.80. The van der Waals surface area contributed by atoms with Gasteiger partial charge < -0.3 is 10.2 Å². The van der Waals surface area contributed by atoms with Crippen molar-refractivity contribution in [3.8, 4) is 0 Å². The minimum atomic E-state index is 0.165. The zero-order valence-corrected chi connectivity index (χ0v) is 12.5. The second-order valence-corrected chi connectivity index (χ2v) is 6.39. The van der Waals surface area contributed by atoms with Crippen molar-refractivity contribution in [2.45, 2.75) is 53.1 Å². The van der Waals surface area contributed by atoms with E-state index >= 15 is 0 Å². The number of hydrogen-bond acceptors (Lipinski definition) is 4. The maximum atomic E-state index is 4.51. The van der Waals surface area contributed by atoms with Crippen LogP contribution in [0, 0.1) is 0 Å². The molecule has 17 heavy (non-hydrogen) atoms. The van der Waals surface area contributed by atoms with Crippen LogP contribution in [-0.2, 0) is 6.54 Å². The van der Waals surface area contributed by atoms with Crippen molar-refractivity contribution in [1.29, 1.82) is 0 Å². The Labute approximate surface area is 109 Å². The predicted octanol–water partition coefficient (Wildman–Crippen LogP) is 3.27. The highest BCUT2D eigenvalue weighted by Crippen LogP contribution is 2.22. The van der Waals surface area contributed by atoms with Gasteiger partial charge in [0.2, 0.25) is 0 Å². The van der Waals surface area contributed by atoms with Gasteiger partial charge in [-0.25, -0.2) is 4.98 Å². The summed E-state index contributed by atoms with van der Waals surface area (Å²) < 4.78 is 0. The van der Waals surface area contributed by atoms with Crippen LogP contribution in [-0.4, -0.2) is 23.6 Å². The van der Waals surface area contributed by atoms with Crippen LogP contribution < -0.4 is 10.2 Å². The zero-order valence-electron chi connectivity index (χ0n) is 11.7. The van der Waals surface area contributed by atoms with Crippen LogP contribution in [0.25, 0.3) is 0 Å². The number of rotatable bonds is 6. The molecule has 0 amide bonds. The molecule has 98 valence electrons. The lowest BCUT2D eigenvalue weighted by molar-refractivity contribution is 0.426. The van der Waals surface area contributed by atoms with Crippen LogP contribution in [0.4, 0.5) is 5.13 Å². The SMILES string of the molecule is CCCN(CC)c1ncc(CNC(C)(C)C)s1. The molecule has 1 N–H and O–H groups in total. The molecule has 0 spiro atoms. The van der Waals surface area contributed by atoms with E-state index in [1.165, 1.54) is 11.3 Å². The van der Waals surface area contributed by atoms with Gasteiger partial charge in [-0.3, -0.25) is 0 Å². The van der Waals surface area contributed by atoms with E-state index in [0.717, 1.165) is 24.8 Å². The number of hydrogen-bond donors (Lipinski definition) is 1. The number of thiazole rings is 1. The van der Waals surface area contributed by atoms with E-state index in [9.17, 15) is 0 Å². The van der Waals surface area contributed by atoms with Gasteiger partial charge in [-0.15, -0.1) is 11.3 Å². The molecule has 0 aliphatic rings. The first-order chi connectivity index (χ1) is 7.96. The number of aromatic nitrogens is 1. The van der Waals surface area contributed by atoms with Gasteiger partial charge in [-0.2, -0.15) is 0 Å². The summed E-state index contributed by atoms with van der Waals surface area (Å²) in [4.78, 5) is 8.16. The lowest BCUT2D eigenvalue weighted by Gasteiger charge is -2.20. The van der Waals surface area contributed by atoms with Crippen LogP contribution in [0.3, 0.4) is 0 Å². The molecule has 0 aromatic carbocycles. The number of nitrogens with one attached hydrogen (secondary N) is 1. The highest BCUT2D eigenvalue weighted by atomic mass is 32.1. The van der Waals surface area contributed by atoms with Crippen molar-refractivity contribution in [2.24, 2.45) is 0 Å². The Morgan fingerprint density at radius 2 is 2.06 bits per heavy atom. The average molecular weight is 255 g/mol. The third kappa shape index (κ3) is 5.04. The molecule has 1 rings (SSSR count). The van der Waals surface area contributed by atoms with E-state index in [-0.39, 0.29) is 5.54 Å². The van der Waals surface area contributed by atoms with Crippen LogP contribution >= 0.6 is 11.3 Å². The van der Waals surface area contributed by atoms with Gasteiger partial charge in [0.15, 0.2) is 5.13 Å². The molecule has 0 saturated carbocycles. The molecule has 0 unspecified atom stereocenters. The first-order valence-corrected chi connectivity index (χ1v) is 7.22. The third-order valence-corrected chi connectivity index (χ3v) is 3.54. The van der Waals surface area contributed by atoms with Gasteiger partial charge in [0.05, 0.1) is 0 Å². The first kappa shape index (κ1) is 14.5. The highest BCUT2D eigenvalue weighted by Gasteiger charge is 2.12. The molecule has 1 aromatic rings. The lowest BCUT2D eigenvalue weighted by Crippen LogP contribution is -2.34. The van der Waals surface area contributed by atoms with Crippen molar-refractivity contribution in [3.05, 3.63) is 11.1 Å². The van der Waals surface area contributed by atoms with Crippen molar-refractivity contribution < 1.29 is 0 Å². The van der Waals surface area contributed by atoms with Gasteiger partial charge in [-0.05, 0) is 34.1 Å². The normalized spacial score (nSPS) is 11.8. The van der Waals surface area contributed by atoms with Gasteiger partial charge in [0.25, 0.3) is 0 Å². The minimum Gasteiger partial charge on any atom is -0.348 e. The molecular weight excluding hydrogens is 230 g/mol. The lowest BCUT2D eigenvalue weighted by atomic mass is 10.1. The van der Waals surface area contributed by atoms with E-state index in [0.29, 0.717) is 0 Å². The van der Waals surface area contributed by atoms with Crippen LogP contribution in [0.2, 0.25) is 0 Å². The summed E-state index contributed by atoms with van der Waals surface area (Å²) in [6.45, 7) is 14.0. The molecule has 0 aliphatic heterocycles. The van der Waals surface area contributed by atoms with E-state index in [2.05, 4.69) is 49.8 Å². The fraction of sp³-hybridized carbons (Fsp3) is 0.769. The van der Waals surface area contributed by atoms with Crippen LogP contribution in [0.1, 0.15) is 45.9 Å². The Balaban J connectivity index is 2.58. The number of nitrogens with zero attached hydrogens (tertiary/aromatic N) is 2. The summed E-state index contributed by atoms with van der Waals surface area (Å²) in [5, 5.41) is 4.65. The molecule has 0 bridgehead atoms. The molecule has 3 nitrogen and oxygen atoms in total. The van der Waals surface area contributed by atoms with Crippen LogP contribution in [0.15, 0.2) is 6.20 Å². The minimum absolute atomic E-state index is 0.165. The number of anilines is 1. The molecule has 1 aromatic heterocycles. The Hall–Kier alpha value is -0.610. The summed E-state index contributed by atoms with van der Waals surface area (Å²) in [5.74, 6) is 0. The molecule has 1 heterocycles. The monoisotopic (exact) mass is 255 g/mol. The Morgan fingerprint density at radius 3 is 2.59 bits per heavy atom. The second kappa shape index (κ2) is 6.36. The molecule has 0 fully saturated rings. The van der Waals surface area contributed by atoms with E-state index < -0.39 is 0 Å². The second-order valence-electron chi connectivity index (χ2n) is 5.29. The largest absolute Gasteiger partial charge is 0.348 e. The van der Waals surface area contributed by atoms with Gasteiger partial charge in [0.1, 0.15) is 0 Å². The maximum Gasteiger partial charge on any atom is 0.185 e. The molecule has 4 heteroatoms. The third-order valence-electron chi connectivity index (χ3n) is 2.48. The van der Waals surface area contributed by atoms with E-state index in [1.54, 1.807) is 11.3 Å². The summed E-state index contributed by atoms with van der Waals surface area (Å²) in [6.07, 6.45) is 3.17. The fourth-order valence-electron chi connectivity index (χ4n) is 1.54. The van der Waals surface area contributed by atoms with Crippen molar-refractivity contribution >= 4 is 16.5 Å². The Kier molecular flexibility index (Phi) is 5.40. The maximum absolute atomic E-state index is 4.51. The zero-order chi connectivity index (χ0) is 12.9. The van der Waals surface area contributed by atoms with Crippen molar-refractivity contribution in [1.82, 2.24) is 10.3 Å². The Bertz CT molecular complexity index is 328. The summed E-state index contributed by atoms with van der Waals surface area (Å²) in [6, 6.07) is 0. The average Bonchev–Trinajstić information content (AvgIpc) is 2.70. The molecule has 0 atom stereocenters. The first-order valence-electron chi connectivity index (χ1n) is 6.41. The molecule has 0 saturated heterocycles. The summed E-state index contributed by atoms with van der Waals surface area (Å²) in [7, 11) is 0. The topological polar surface area (TPSA) is 28.2 Å². The highest BCUT2D eigenvalue weighted by molar-refractivity contribution is 7.15. The van der Waals surface area contributed by atoms with Crippen molar-refractivity contribution in [2.75, 3.05) is 18.0 Å². The molecule has 0 radical (unpaired) electrons. The van der Waals surface area contributed by atoms with E-state index in [1.807, 2.05) is 6.20 Å². The quantitative estimate of drug-likeness (QED) is 0.845. The van der Waals surface area contributed by atoms with Gasteiger partial charge in [-0.1, -0.05) is 6.92 Å². The van der Waals surface area contributed by atoms with Gasteiger partial charge in [0, 0.05) is 36.2 Å². The predicted molar refractivity (Wildman–Crippen MR) is 76.9 cm³/mol. The Morgan fingerprint density at radius 1 is 1.35 bits per heavy atom. The molecular formula is C13H25N3S. The summed E-state index contributed by atoms with van der Waals surface area (Å²) in [5.41, 5.74) is 0.165. The van der Waals surface area contributed by atoms with E-state index in [4.69, 9.17) is 0 Å². The smallest absolute Gasteiger partial charge is 0.185 e. The van der Waals surface area contributed by atoms with Crippen LogP contribution in [0.5, 0.6) is 0 Å².